The van der Waals surface area contributed by atoms with Crippen LogP contribution < -0.4 is 19.9 Å². The summed E-state index contributed by atoms with van der Waals surface area (Å²) in [7, 11) is 1.72. The number of hydrogen-bond donors (Lipinski definition) is 3. The van der Waals surface area contributed by atoms with Crippen LogP contribution >= 0.6 is 0 Å². The monoisotopic (exact) mass is 415 g/mol. The van der Waals surface area contributed by atoms with E-state index in [-0.39, 0.29) is 17.8 Å². The fraction of sp³-hybridized carbons (Fsp3) is 0.458. The van der Waals surface area contributed by atoms with Crippen molar-refractivity contribution in [1.29, 1.82) is 0 Å². The van der Waals surface area contributed by atoms with Crippen molar-refractivity contribution in [3.05, 3.63) is 65.0 Å². The van der Waals surface area contributed by atoms with E-state index in [1.807, 2.05) is 13.0 Å². The number of methoxy groups -OCH3 is 1. The molecule has 2 aromatic carbocycles. The minimum atomic E-state index is -0.234. The largest absolute Gasteiger partial charge is 0.496 e. The highest BCUT2D eigenvalue weighted by Gasteiger charge is 2.31. The lowest BCUT2D eigenvalue weighted by Gasteiger charge is -2.32. The van der Waals surface area contributed by atoms with Crippen LogP contribution in [-0.4, -0.2) is 51.8 Å². The van der Waals surface area contributed by atoms with Gasteiger partial charge in [0.15, 0.2) is 6.04 Å². The number of ether oxygens (including phenoxy) is 1. The highest BCUT2D eigenvalue weighted by Crippen LogP contribution is 2.18. The number of rotatable bonds is 8. The van der Waals surface area contributed by atoms with Crippen molar-refractivity contribution in [3.8, 4) is 5.75 Å². The van der Waals surface area contributed by atoms with Gasteiger partial charge in [0.25, 0.3) is 5.91 Å². The van der Waals surface area contributed by atoms with E-state index >= 15 is 0 Å². The lowest BCUT2D eigenvalue weighted by molar-refractivity contribution is -1.02. The second-order valence-corrected chi connectivity index (χ2v) is 8.29. The van der Waals surface area contributed by atoms with E-state index < -0.39 is 0 Å². The molecule has 1 fully saturated rings. The quantitative estimate of drug-likeness (QED) is 0.576. The molecule has 1 aliphatic rings. The summed E-state index contributed by atoms with van der Waals surface area (Å²) in [6, 6.07) is 12.7. The molecule has 1 amide bonds. The first-order chi connectivity index (χ1) is 14.5. The molecule has 1 heterocycles. The molecule has 5 nitrogen and oxygen atoms in total. The standard InChI is InChI=1S/C24H32FN3O2/c1-18-4-9-23(30-3)21(16-18)17-27-12-14-28(15-13-27)19(2)24(29)26-11-10-20-5-7-22(25)8-6-20/h4-9,16,19H,10-15,17H2,1-3H3,(H,26,29)/p+2/t19-/m1/s1. The Labute approximate surface area is 178 Å². The maximum atomic E-state index is 13.0. The van der Waals surface area contributed by atoms with E-state index in [0.717, 1.165) is 44.0 Å². The smallest absolute Gasteiger partial charge is 0.278 e. The van der Waals surface area contributed by atoms with Crippen LogP contribution in [0.3, 0.4) is 0 Å². The molecular weight excluding hydrogens is 381 g/mol. The van der Waals surface area contributed by atoms with Gasteiger partial charge in [0.1, 0.15) is 44.3 Å². The van der Waals surface area contributed by atoms with E-state index in [4.69, 9.17) is 4.74 Å². The molecule has 3 N–H and O–H groups in total. The molecule has 1 atom stereocenters. The predicted molar refractivity (Wildman–Crippen MR) is 115 cm³/mol. The summed E-state index contributed by atoms with van der Waals surface area (Å²) in [4.78, 5) is 15.4. The van der Waals surface area contributed by atoms with E-state index in [9.17, 15) is 9.18 Å². The zero-order valence-electron chi connectivity index (χ0n) is 18.3. The van der Waals surface area contributed by atoms with Crippen LogP contribution in [0.15, 0.2) is 42.5 Å². The average molecular weight is 416 g/mol. The zero-order valence-corrected chi connectivity index (χ0v) is 18.3. The van der Waals surface area contributed by atoms with Crippen LogP contribution in [0.25, 0.3) is 0 Å². The molecule has 2 aromatic rings. The minimum absolute atomic E-state index is 0.0618. The molecule has 0 aromatic heterocycles. The van der Waals surface area contributed by atoms with Gasteiger partial charge >= 0.3 is 0 Å². The van der Waals surface area contributed by atoms with Crippen LogP contribution in [0.2, 0.25) is 0 Å². The van der Waals surface area contributed by atoms with Crippen molar-refractivity contribution in [2.24, 2.45) is 0 Å². The number of hydrogen-bond acceptors (Lipinski definition) is 2. The van der Waals surface area contributed by atoms with E-state index in [2.05, 4.69) is 24.4 Å². The van der Waals surface area contributed by atoms with Crippen LogP contribution in [0.4, 0.5) is 4.39 Å². The third-order valence-corrected chi connectivity index (χ3v) is 6.11. The van der Waals surface area contributed by atoms with Gasteiger partial charge in [-0.05, 0) is 50.1 Å². The van der Waals surface area contributed by atoms with E-state index in [1.54, 1.807) is 19.2 Å². The number of aryl methyl sites for hydroxylation is 1. The fourth-order valence-electron chi connectivity index (χ4n) is 4.17. The third kappa shape index (κ3) is 6.03. The summed E-state index contributed by atoms with van der Waals surface area (Å²) in [6.45, 7) is 9.70. The number of piperazine rings is 1. The van der Waals surface area contributed by atoms with Gasteiger partial charge in [-0.2, -0.15) is 0 Å². The topological polar surface area (TPSA) is 47.2 Å². The van der Waals surface area contributed by atoms with Gasteiger partial charge in [0.2, 0.25) is 0 Å². The Morgan fingerprint density at radius 1 is 1.13 bits per heavy atom. The zero-order chi connectivity index (χ0) is 21.5. The second-order valence-electron chi connectivity index (χ2n) is 8.29. The van der Waals surface area contributed by atoms with Crippen molar-refractivity contribution in [3.63, 3.8) is 0 Å². The SMILES string of the molecule is COc1ccc(C)cc1C[NH+]1CC[NH+]([C@H](C)C(=O)NCCc2ccc(F)cc2)CC1. The van der Waals surface area contributed by atoms with Crippen molar-refractivity contribution in [1.82, 2.24) is 5.32 Å². The van der Waals surface area contributed by atoms with Gasteiger partial charge < -0.3 is 19.9 Å². The molecular formula is C24H34FN3O2+2. The highest BCUT2D eigenvalue weighted by molar-refractivity contribution is 5.79. The lowest BCUT2D eigenvalue weighted by Crippen LogP contribution is -3.29. The molecule has 1 saturated heterocycles. The molecule has 0 saturated carbocycles. The van der Waals surface area contributed by atoms with Gasteiger partial charge in [-0.1, -0.05) is 23.8 Å². The van der Waals surface area contributed by atoms with Crippen molar-refractivity contribution >= 4 is 5.91 Å². The highest BCUT2D eigenvalue weighted by atomic mass is 19.1. The first-order valence-corrected chi connectivity index (χ1v) is 10.8. The molecule has 0 radical (unpaired) electrons. The van der Waals surface area contributed by atoms with Crippen molar-refractivity contribution < 1.29 is 23.7 Å². The molecule has 6 heteroatoms. The fourth-order valence-corrected chi connectivity index (χ4v) is 4.17. The number of benzene rings is 2. The second kappa shape index (κ2) is 10.5. The molecule has 1 aliphatic heterocycles. The normalized spacial score (nSPS) is 19.9. The molecule has 3 rings (SSSR count). The number of carbonyl (C=O) groups is 1. The van der Waals surface area contributed by atoms with E-state index in [1.165, 1.54) is 33.1 Å². The predicted octanol–water partition coefficient (Wildman–Crippen LogP) is 0.174. The lowest BCUT2D eigenvalue weighted by atomic mass is 10.1. The number of halogens is 1. The van der Waals surface area contributed by atoms with Crippen LogP contribution in [0.5, 0.6) is 5.75 Å². The van der Waals surface area contributed by atoms with Crippen molar-refractivity contribution in [2.45, 2.75) is 32.9 Å². The molecule has 0 unspecified atom stereocenters. The maximum absolute atomic E-state index is 13.0. The Morgan fingerprint density at radius 2 is 1.83 bits per heavy atom. The average Bonchev–Trinajstić information content (AvgIpc) is 2.75. The molecule has 30 heavy (non-hydrogen) atoms. The number of carbonyl (C=O) groups excluding carboxylic acids is 1. The summed E-state index contributed by atoms with van der Waals surface area (Å²) in [6.07, 6.45) is 0.713. The summed E-state index contributed by atoms with van der Waals surface area (Å²) in [5.74, 6) is 0.815. The summed E-state index contributed by atoms with van der Waals surface area (Å²) < 4.78 is 18.5. The summed E-state index contributed by atoms with van der Waals surface area (Å²) in [5.41, 5.74) is 3.53. The molecule has 0 spiro atoms. The van der Waals surface area contributed by atoms with Gasteiger partial charge in [-0.15, -0.1) is 0 Å². The first-order valence-electron chi connectivity index (χ1n) is 10.8. The van der Waals surface area contributed by atoms with Crippen LogP contribution in [0.1, 0.15) is 23.6 Å². The Balaban J connectivity index is 1.43. The summed E-state index contributed by atoms with van der Waals surface area (Å²) in [5, 5.41) is 3.04. The van der Waals surface area contributed by atoms with Crippen LogP contribution in [0, 0.1) is 12.7 Å². The van der Waals surface area contributed by atoms with Gasteiger partial charge in [0.05, 0.1) is 7.11 Å². The number of quaternary nitrogens is 2. The molecule has 0 aliphatic carbocycles. The number of nitrogens with one attached hydrogen (secondary N) is 3. The van der Waals surface area contributed by atoms with Crippen LogP contribution in [-0.2, 0) is 17.8 Å². The Morgan fingerprint density at radius 3 is 2.50 bits per heavy atom. The van der Waals surface area contributed by atoms with Crippen molar-refractivity contribution in [2.75, 3.05) is 39.8 Å². The summed E-state index contributed by atoms with van der Waals surface area (Å²) >= 11 is 0. The van der Waals surface area contributed by atoms with Gasteiger partial charge in [0, 0.05) is 12.1 Å². The Bertz CT molecular complexity index is 833. The van der Waals surface area contributed by atoms with Gasteiger partial charge in [-0.25, -0.2) is 4.39 Å². The van der Waals surface area contributed by atoms with E-state index in [0.29, 0.717) is 13.0 Å². The first kappa shape index (κ1) is 22.2. The van der Waals surface area contributed by atoms with Gasteiger partial charge in [-0.3, -0.25) is 4.79 Å². The molecule has 162 valence electrons. The Kier molecular flexibility index (Phi) is 7.82. The number of amides is 1. The minimum Gasteiger partial charge on any atom is -0.496 e. The molecule has 0 bridgehead atoms. The maximum Gasteiger partial charge on any atom is 0.278 e. The Hall–Kier alpha value is -2.44. The third-order valence-electron chi connectivity index (χ3n) is 6.11.